The molecule has 0 radical (unpaired) electrons. The van der Waals surface area contributed by atoms with Crippen LogP contribution in [-0.4, -0.2) is 9.55 Å². The number of aryl methyl sites for hydroxylation is 1. The smallest absolute Gasteiger partial charge is 0.147 e. The molecule has 0 spiro atoms. The molecule has 3 heteroatoms. The minimum atomic E-state index is 0.969. The van der Waals surface area contributed by atoms with E-state index in [2.05, 4.69) is 138 Å². The first-order valence-corrected chi connectivity index (χ1v) is 13.4. The zero-order valence-corrected chi connectivity index (χ0v) is 21.2. The molecule has 0 fully saturated rings. The third kappa shape index (κ3) is 3.67. The number of imidazole rings is 1. The van der Waals surface area contributed by atoms with Gasteiger partial charge in [-0.2, -0.15) is 0 Å². The van der Waals surface area contributed by atoms with Gasteiger partial charge >= 0.3 is 0 Å². The summed E-state index contributed by atoms with van der Waals surface area (Å²) in [4.78, 5) is 5.24. The van der Waals surface area contributed by atoms with Crippen LogP contribution >= 0.6 is 11.3 Å². The molecule has 5 aromatic carbocycles. The molecule has 7 aromatic rings. The summed E-state index contributed by atoms with van der Waals surface area (Å²) in [5.74, 6) is 0.969. The van der Waals surface area contributed by atoms with Gasteiger partial charge in [-0.3, -0.25) is 4.57 Å². The SMILES string of the molecule is Cc1ccc2c(-c3nc4ccccc4n3-c3c(-c4ccccc4)cccc3-c3ccccc3)csc2c1. The fraction of sp³-hybridized carbons (Fsp3) is 0.0294. The molecule has 2 nitrogen and oxygen atoms in total. The van der Waals surface area contributed by atoms with Gasteiger partial charge in [0.1, 0.15) is 5.82 Å². The van der Waals surface area contributed by atoms with Crippen molar-refractivity contribution in [2.75, 3.05) is 0 Å². The van der Waals surface area contributed by atoms with Crippen molar-refractivity contribution in [3.05, 3.63) is 132 Å². The van der Waals surface area contributed by atoms with Crippen LogP contribution in [0, 0.1) is 6.92 Å². The molecule has 0 aliphatic carbocycles. The lowest BCUT2D eigenvalue weighted by Crippen LogP contribution is -2.03. The predicted octanol–water partition coefficient (Wildman–Crippen LogP) is 9.55. The highest BCUT2D eigenvalue weighted by atomic mass is 32.1. The van der Waals surface area contributed by atoms with E-state index in [0.717, 1.165) is 28.1 Å². The Bertz CT molecular complexity index is 1820. The van der Waals surface area contributed by atoms with E-state index in [1.165, 1.54) is 37.9 Å². The van der Waals surface area contributed by atoms with Crippen molar-refractivity contribution in [2.24, 2.45) is 0 Å². The fourth-order valence-corrected chi connectivity index (χ4v) is 6.26. The van der Waals surface area contributed by atoms with Crippen molar-refractivity contribution in [3.63, 3.8) is 0 Å². The number of para-hydroxylation sites is 3. The van der Waals surface area contributed by atoms with E-state index in [-0.39, 0.29) is 0 Å². The van der Waals surface area contributed by atoms with Gasteiger partial charge in [-0.15, -0.1) is 11.3 Å². The van der Waals surface area contributed by atoms with Crippen LogP contribution < -0.4 is 0 Å². The fourth-order valence-electron chi connectivity index (χ4n) is 5.23. The Morgan fingerprint density at radius 2 is 1.27 bits per heavy atom. The molecule has 0 saturated carbocycles. The van der Waals surface area contributed by atoms with E-state index in [1.807, 2.05) is 0 Å². The molecule has 0 amide bonds. The van der Waals surface area contributed by atoms with E-state index in [4.69, 9.17) is 4.98 Å². The molecular formula is C34H24N2S. The lowest BCUT2D eigenvalue weighted by Gasteiger charge is -2.19. The second-order valence-corrected chi connectivity index (χ2v) is 10.3. The van der Waals surface area contributed by atoms with Gasteiger partial charge in [-0.05, 0) is 41.8 Å². The highest BCUT2D eigenvalue weighted by Crippen LogP contribution is 2.42. The number of fused-ring (bicyclic) bond motifs is 2. The Hall–Kier alpha value is -4.47. The van der Waals surface area contributed by atoms with Gasteiger partial charge in [-0.1, -0.05) is 103 Å². The van der Waals surface area contributed by atoms with E-state index in [0.29, 0.717) is 0 Å². The summed E-state index contributed by atoms with van der Waals surface area (Å²) in [6, 6.07) is 43.1. The largest absolute Gasteiger partial charge is 0.291 e. The molecule has 2 aromatic heterocycles. The Morgan fingerprint density at radius 1 is 0.622 bits per heavy atom. The molecule has 37 heavy (non-hydrogen) atoms. The molecule has 176 valence electrons. The van der Waals surface area contributed by atoms with Crippen LogP contribution in [0.2, 0.25) is 0 Å². The number of benzene rings is 5. The molecule has 0 N–H and O–H groups in total. The maximum atomic E-state index is 5.24. The van der Waals surface area contributed by atoms with Crippen molar-refractivity contribution in [3.8, 4) is 39.3 Å². The van der Waals surface area contributed by atoms with E-state index >= 15 is 0 Å². The average molecular weight is 493 g/mol. The molecule has 0 atom stereocenters. The molecule has 0 aliphatic heterocycles. The van der Waals surface area contributed by atoms with Crippen molar-refractivity contribution in [1.29, 1.82) is 0 Å². The highest BCUT2D eigenvalue weighted by molar-refractivity contribution is 7.17. The second-order valence-electron chi connectivity index (χ2n) is 9.34. The lowest BCUT2D eigenvalue weighted by atomic mass is 9.95. The average Bonchev–Trinajstić information content (AvgIpc) is 3.54. The minimum Gasteiger partial charge on any atom is -0.291 e. The van der Waals surface area contributed by atoms with Crippen molar-refractivity contribution in [2.45, 2.75) is 6.92 Å². The van der Waals surface area contributed by atoms with Crippen LogP contribution in [0.15, 0.2) is 127 Å². The number of thiophene rings is 1. The Kier molecular flexibility index (Phi) is 5.23. The molecule has 0 bridgehead atoms. The summed E-state index contributed by atoms with van der Waals surface area (Å²) in [5.41, 5.74) is 10.4. The Morgan fingerprint density at radius 3 is 1.97 bits per heavy atom. The van der Waals surface area contributed by atoms with Crippen LogP contribution in [0.3, 0.4) is 0 Å². The second kappa shape index (κ2) is 8.88. The molecule has 7 rings (SSSR count). The third-order valence-corrected chi connectivity index (χ3v) is 7.91. The molecule has 0 aliphatic rings. The number of hydrogen-bond acceptors (Lipinski definition) is 2. The maximum Gasteiger partial charge on any atom is 0.147 e. The van der Waals surface area contributed by atoms with Crippen molar-refractivity contribution < 1.29 is 0 Å². The van der Waals surface area contributed by atoms with Gasteiger partial charge in [0.25, 0.3) is 0 Å². The highest BCUT2D eigenvalue weighted by Gasteiger charge is 2.22. The normalized spacial score (nSPS) is 11.4. The quantitative estimate of drug-likeness (QED) is 0.239. The minimum absolute atomic E-state index is 0.969. The molecular weight excluding hydrogens is 468 g/mol. The summed E-state index contributed by atoms with van der Waals surface area (Å²) in [6.07, 6.45) is 0. The lowest BCUT2D eigenvalue weighted by molar-refractivity contribution is 1.11. The van der Waals surface area contributed by atoms with Gasteiger partial charge in [-0.25, -0.2) is 4.98 Å². The summed E-state index contributed by atoms with van der Waals surface area (Å²) >= 11 is 1.78. The topological polar surface area (TPSA) is 17.8 Å². The summed E-state index contributed by atoms with van der Waals surface area (Å²) in [7, 11) is 0. The van der Waals surface area contributed by atoms with Gasteiger partial charge < -0.3 is 0 Å². The number of nitrogens with zero attached hydrogens (tertiary/aromatic N) is 2. The molecule has 2 heterocycles. The van der Waals surface area contributed by atoms with Crippen molar-refractivity contribution >= 4 is 32.5 Å². The Balaban J connectivity index is 1.62. The van der Waals surface area contributed by atoms with Gasteiger partial charge in [0.05, 0.1) is 16.7 Å². The summed E-state index contributed by atoms with van der Waals surface area (Å²) < 4.78 is 3.66. The number of aromatic nitrogens is 2. The zero-order chi connectivity index (χ0) is 24.8. The van der Waals surface area contributed by atoms with E-state index < -0.39 is 0 Å². The standard InChI is InChI=1S/C34H24N2S/c1-23-19-20-28-29(22-37-32(28)21-23)34-35-30-17-8-9-18-31(30)36(34)33-26(24-11-4-2-5-12-24)15-10-16-27(33)25-13-6-3-7-14-25/h2-22H,1H3. The zero-order valence-electron chi connectivity index (χ0n) is 20.4. The van der Waals surface area contributed by atoms with Gasteiger partial charge in [0, 0.05) is 32.2 Å². The molecule has 0 saturated heterocycles. The van der Waals surface area contributed by atoms with E-state index in [1.54, 1.807) is 11.3 Å². The summed E-state index contributed by atoms with van der Waals surface area (Å²) in [6.45, 7) is 2.15. The van der Waals surface area contributed by atoms with Crippen LogP contribution in [0.25, 0.3) is 60.4 Å². The first-order valence-electron chi connectivity index (χ1n) is 12.5. The monoisotopic (exact) mass is 492 g/mol. The number of hydrogen-bond donors (Lipinski definition) is 0. The van der Waals surface area contributed by atoms with Crippen LogP contribution in [0.1, 0.15) is 5.56 Å². The van der Waals surface area contributed by atoms with Crippen LogP contribution in [0.4, 0.5) is 0 Å². The van der Waals surface area contributed by atoms with Gasteiger partial charge in [0.2, 0.25) is 0 Å². The molecule has 0 unspecified atom stereocenters. The van der Waals surface area contributed by atoms with Gasteiger partial charge in [0.15, 0.2) is 0 Å². The predicted molar refractivity (Wildman–Crippen MR) is 157 cm³/mol. The first kappa shape index (κ1) is 21.8. The Labute approximate surface area is 220 Å². The number of rotatable bonds is 4. The van der Waals surface area contributed by atoms with E-state index in [9.17, 15) is 0 Å². The van der Waals surface area contributed by atoms with Crippen molar-refractivity contribution in [1.82, 2.24) is 9.55 Å². The third-order valence-electron chi connectivity index (χ3n) is 6.96. The maximum absolute atomic E-state index is 5.24. The first-order chi connectivity index (χ1) is 18.3. The van der Waals surface area contributed by atoms with Crippen LogP contribution in [-0.2, 0) is 0 Å². The van der Waals surface area contributed by atoms with Crippen LogP contribution in [0.5, 0.6) is 0 Å². The summed E-state index contributed by atoms with van der Waals surface area (Å²) in [5, 5.41) is 3.50.